The summed E-state index contributed by atoms with van der Waals surface area (Å²) in [6.45, 7) is 3.81. The molecule has 5 rings (SSSR count). The predicted molar refractivity (Wildman–Crippen MR) is 115 cm³/mol. The van der Waals surface area contributed by atoms with Gasteiger partial charge in [0.2, 0.25) is 0 Å². The molecule has 2 aliphatic heterocycles. The number of likely N-dealkylation sites (tertiary alicyclic amines) is 2. The number of carbonyl (C=O) groups is 1. The molecule has 6 nitrogen and oxygen atoms in total. The fourth-order valence-electron chi connectivity index (χ4n) is 4.57. The van der Waals surface area contributed by atoms with E-state index < -0.39 is 0 Å². The van der Waals surface area contributed by atoms with Crippen molar-refractivity contribution < 1.29 is 9.53 Å². The Hall–Kier alpha value is -2.38. The Morgan fingerprint density at radius 2 is 1.93 bits per heavy atom. The molecule has 7 heteroatoms. The Labute approximate surface area is 174 Å². The molecule has 0 aliphatic carbocycles. The molecule has 0 saturated carbocycles. The number of benzene rings is 1. The summed E-state index contributed by atoms with van der Waals surface area (Å²) in [6, 6.07) is 8.51. The van der Waals surface area contributed by atoms with E-state index >= 15 is 0 Å². The van der Waals surface area contributed by atoms with Crippen LogP contribution < -0.4 is 4.74 Å². The second kappa shape index (κ2) is 8.16. The number of carbonyl (C=O) groups excluding carboxylic acids is 1. The second-order valence-electron chi connectivity index (χ2n) is 7.95. The number of piperidine rings is 2. The van der Waals surface area contributed by atoms with Crippen molar-refractivity contribution in [2.75, 3.05) is 26.2 Å². The number of amides is 1. The lowest BCUT2D eigenvalue weighted by molar-refractivity contribution is 0.0425. The maximum atomic E-state index is 12.9. The summed E-state index contributed by atoms with van der Waals surface area (Å²) in [5.41, 5.74) is 1.86. The molecule has 0 atom stereocenters. The molecule has 2 saturated heterocycles. The number of nitrogens with zero attached hydrogens (tertiary/aromatic N) is 3. The molecular formula is C22H26N4O2S. The van der Waals surface area contributed by atoms with Gasteiger partial charge < -0.3 is 14.6 Å². The highest BCUT2D eigenvalue weighted by molar-refractivity contribution is 7.11. The summed E-state index contributed by atoms with van der Waals surface area (Å²) >= 11 is 1.56. The van der Waals surface area contributed by atoms with Gasteiger partial charge in [0, 0.05) is 66.5 Å². The first-order chi connectivity index (χ1) is 14.3. The first kappa shape index (κ1) is 18.6. The summed E-state index contributed by atoms with van der Waals surface area (Å²) < 4.78 is 5.98. The van der Waals surface area contributed by atoms with E-state index in [9.17, 15) is 4.79 Å². The average molecular weight is 411 g/mol. The minimum Gasteiger partial charge on any atom is -0.467 e. The molecule has 2 fully saturated rings. The van der Waals surface area contributed by atoms with E-state index in [4.69, 9.17) is 4.74 Å². The number of aromatic nitrogens is 2. The maximum Gasteiger partial charge on any atom is 0.273 e. The summed E-state index contributed by atoms with van der Waals surface area (Å²) in [4.78, 5) is 24.9. The van der Waals surface area contributed by atoms with Crippen LogP contribution in [0.2, 0.25) is 0 Å². The van der Waals surface area contributed by atoms with Gasteiger partial charge in [0.25, 0.3) is 11.1 Å². The minimum absolute atomic E-state index is 0.155. The van der Waals surface area contributed by atoms with Crippen molar-refractivity contribution in [2.24, 2.45) is 0 Å². The molecule has 1 aromatic carbocycles. The molecule has 0 bridgehead atoms. The fourth-order valence-corrected chi connectivity index (χ4v) is 5.12. The Bertz CT molecular complexity index is 954. The van der Waals surface area contributed by atoms with Crippen LogP contribution in [-0.2, 0) is 0 Å². The number of fused-ring (bicyclic) bond motifs is 1. The van der Waals surface area contributed by atoms with Crippen LogP contribution in [0.25, 0.3) is 10.9 Å². The van der Waals surface area contributed by atoms with Gasteiger partial charge in [-0.05, 0) is 49.9 Å². The molecule has 4 heterocycles. The van der Waals surface area contributed by atoms with E-state index in [0.717, 1.165) is 73.5 Å². The number of hydrogen-bond donors (Lipinski definition) is 1. The summed E-state index contributed by atoms with van der Waals surface area (Å²) in [6.07, 6.45) is 8.19. The summed E-state index contributed by atoms with van der Waals surface area (Å²) in [5, 5.41) is 3.83. The largest absolute Gasteiger partial charge is 0.467 e. The van der Waals surface area contributed by atoms with E-state index in [1.54, 1.807) is 17.5 Å². The molecule has 152 valence electrons. The third-order valence-electron chi connectivity index (χ3n) is 6.22. The van der Waals surface area contributed by atoms with E-state index in [0.29, 0.717) is 6.04 Å². The lowest BCUT2D eigenvalue weighted by Gasteiger charge is -2.41. The molecule has 2 aromatic heterocycles. The monoisotopic (exact) mass is 410 g/mol. The molecule has 0 radical (unpaired) electrons. The fraction of sp³-hybridized carbons (Fsp3) is 0.455. The van der Waals surface area contributed by atoms with E-state index in [-0.39, 0.29) is 12.0 Å². The van der Waals surface area contributed by atoms with Crippen LogP contribution in [0, 0.1) is 0 Å². The molecule has 1 N–H and O–H groups in total. The minimum atomic E-state index is 0.155. The van der Waals surface area contributed by atoms with E-state index in [1.165, 1.54) is 0 Å². The van der Waals surface area contributed by atoms with Gasteiger partial charge in [-0.2, -0.15) is 0 Å². The lowest BCUT2D eigenvalue weighted by Crippen LogP contribution is -2.50. The zero-order chi connectivity index (χ0) is 19.6. The van der Waals surface area contributed by atoms with Gasteiger partial charge in [0.1, 0.15) is 6.10 Å². The van der Waals surface area contributed by atoms with Gasteiger partial charge in [-0.25, -0.2) is 4.98 Å². The van der Waals surface area contributed by atoms with Crippen molar-refractivity contribution in [2.45, 2.75) is 37.8 Å². The zero-order valence-electron chi connectivity index (χ0n) is 16.4. The number of H-pyrrole nitrogens is 1. The molecule has 29 heavy (non-hydrogen) atoms. The Kier molecular flexibility index (Phi) is 5.24. The van der Waals surface area contributed by atoms with Crippen molar-refractivity contribution in [1.82, 2.24) is 19.8 Å². The summed E-state index contributed by atoms with van der Waals surface area (Å²) in [5.74, 6) is 0.155. The van der Waals surface area contributed by atoms with E-state index in [1.807, 2.05) is 40.7 Å². The predicted octanol–water partition coefficient (Wildman–Crippen LogP) is 3.77. The van der Waals surface area contributed by atoms with Crippen molar-refractivity contribution in [1.29, 1.82) is 0 Å². The number of aromatic amines is 1. The van der Waals surface area contributed by atoms with Crippen LogP contribution in [0.3, 0.4) is 0 Å². The van der Waals surface area contributed by atoms with Gasteiger partial charge in [0.05, 0.1) is 0 Å². The Morgan fingerprint density at radius 3 is 2.69 bits per heavy atom. The SMILES string of the molecule is O=C(c1ccc2[nH]ccc2c1)N1CCC(N2CCC(Oc3nccs3)CC2)CC1. The standard InChI is InChI=1S/C22H26N4O2S/c27-21(17-1-2-20-16(15-17)3-8-23-20)26-10-4-18(5-11-26)25-12-6-19(7-13-25)28-22-24-9-14-29-22/h1-3,8-9,14-15,18-19,23H,4-7,10-13H2. The number of rotatable bonds is 4. The number of nitrogens with one attached hydrogen (secondary N) is 1. The molecule has 1 amide bonds. The van der Waals surface area contributed by atoms with Crippen molar-refractivity contribution in [3.8, 4) is 5.19 Å². The smallest absolute Gasteiger partial charge is 0.273 e. The van der Waals surface area contributed by atoms with Crippen LogP contribution >= 0.6 is 11.3 Å². The van der Waals surface area contributed by atoms with E-state index in [2.05, 4.69) is 14.9 Å². The molecule has 0 spiro atoms. The average Bonchev–Trinajstić information content (AvgIpc) is 3.45. The number of ether oxygens (including phenoxy) is 1. The quantitative estimate of drug-likeness (QED) is 0.711. The highest BCUT2D eigenvalue weighted by Gasteiger charge is 2.30. The Balaban J connectivity index is 1.12. The highest BCUT2D eigenvalue weighted by atomic mass is 32.1. The molecule has 0 unspecified atom stereocenters. The van der Waals surface area contributed by atoms with Gasteiger partial charge in [0.15, 0.2) is 0 Å². The van der Waals surface area contributed by atoms with Gasteiger partial charge in [-0.3, -0.25) is 9.69 Å². The first-order valence-electron chi connectivity index (χ1n) is 10.4. The topological polar surface area (TPSA) is 61.5 Å². The van der Waals surface area contributed by atoms with Crippen LogP contribution in [-0.4, -0.2) is 64.0 Å². The van der Waals surface area contributed by atoms with Gasteiger partial charge in [-0.15, -0.1) is 0 Å². The molecular weight excluding hydrogens is 384 g/mol. The second-order valence-corrected chi connectivity index (χ2v) is 8.81. The van der Waals surface area contributed by atoms with Crippen LogP contribution in [0.1, 0.15) is 36.0 Å². The highest BCUT2D eigenvalue weighted by Crippen LogP contribution is 2.25. The molecule has 3 aromatic rings. The Morgan fingerprint density at radius 1 is 1.10 bits per heavy atom. The molecule has 2 aliphatic rings. The number of thiazole rings is 1. The zero-order valence-corrected chi connectivity index (χ0v) is 17.2. The van der Waals surface area contributed by atoms with Crippen LogP contribution in [0.4, 0.5) is 0 Å². The van der Waals surface area contributed by atoms with Crippen LogP contribution in [0.5, 0.6) is 5.19 Å². The van der Waals surface area contributed by atoms with Crippen molar-refractivity contribution in [3.05, 3.63) is 47.6 Å². The van der Waals surface area contributed by atoms with Gasteiger partial charge >= 0.3 is 0 Å². The van der Waals surface area contributed by atoms with Crippen molar-refractivity contribution in [3.63, 3.8) is 0 Å². The summed E-state index contributed by atoms with van der Waals surface area (Å²) in [7, 11) is 0. The first-order valence-corrected chi connectivity index (χ1v) is 11.3. The maximum absolute atomic E-state index is 12.9. The third-order valence-corrected chi connectivity index (χ3v) is 6.88. The van der Waals surface area contributed by atoms with Gasteiger partial charge in [-0.1, -0.05) is 11.3 Å². The third kappa shape index (κ3) is 4.02. The van der Waals surface area contributed by atoms with Crippen molar-refractivity contribution >= 4 is 28.1 Å². The van der Waals surface area contributed by atoms with Crippen LogP contribution in [0.15, 0.2) is 42.0 Å². The lowest BCUT2D eigenvalue weighted by atomic mass is 9.98. The number of hydrogen-bond acceptors (Lipinski definition) is 5. The normalized spacial score (nSPS) is 19.7.